The largest absolute Gasteiger partial charge is 0.373 e. The van der Waals surface area contributed by atoms with E-state index in [4.69, 9.17) is 0 Å². The number of nitrogens with one attached hydrogen (secondary N) is 2. The smallest absolute Gasteiger partial charge is 0.242 e. The third-order valence-corrected chi connectivity index (χ3v) is 4.75. The van der Waals surface area contributed by atoms with E-state index in [1.54, 1.807) is 19.2 Å². The highest BCUT2D eigenvalue weighted by molar-refractivity contribution is 7.89. The minimum atomic E-state index is -3.48. The van der Waals surface area contributed by atoms with Crippen molar-refractivity contribution in [2.75, 3.05) is 32.5 Å². The number of rotatable bonds is 4. The maximum absolute atomic E-state index is 12.2. The Bertz CT molecular complexity index is 515. The van der Waals surface area contributed by atoms with Gasteiger partial charge in [0.1, 0.15) is 10.7 Å². The SMILES string of the molecule is CNc1ccc(S(=O)(=O)NC2CCCN(C)C2)cn1. The van der Waals surface area contributed by atoms with Gasteiger partial charge in [0.15, 0.2) is 0 Å². The molecule has 0 amide bonds. The summed E-state index contributed by atoms with van der Waals surface area (Å²) < 4.78 is 27.2. The number of likely N-dealkylation sites (tertiary alicyclic amines) is 1. The highest BCUT2D eigenvalue weighted by Crippen LogP contribution is 2.14. The van der Waals surface area contributed by atoms with Crippen molar-refractivity contribution >= 4 is 15.8 Å². The third-order valence-electron chi connectivity index (χ3n) is 3.25. The van der Waals surface area contributed by atoms with E-state index in [0.29, 0.717) is 5.82 Å². The van der Waals surface area contributed by atoms with Crippen molar-refractivity contribution in [3.05, 3.63) is 18.3 Å². The fourth-order valence-corrected chi connectivity index (χ4v) is 3.44. The Kier molecular flexibility index (Phi) is 4.38. The van der Waals surface area contributed by atoms with Crippen molar-refractivity contribution in [1.82, 2.24) is 14.6 Å². The van der Waals surface area contributed by atoms with Gasteiger partial charge in [0.05, 0.1) is 0 Å². The van der Waals surface area contributed by atoms with Gasteiger partial charge in [0.25, 0.3) is 0 Å². The fraction of sp³-hybridized carbons (Fsp3) is 0.583. The number of aromatic nitrogens is 1. The molecule has 0 bridgehead atoms. The van der Waals surface area contributed by atoms with Gasteiger partial charge in [-0.3, -0.25) is 0 Å². The quantitative estimate of drug-likeness (QED) is 0.842. The van der Waals surface area contributed by atoms with Gasteiger partial charge in [-0.05, 0) is 38.6 Å². The lowest BCUT2D eigenvalue weighted by molar-refractivity contribution is 0.242. The van der Waals surface area contributed by atoms with E-state index >= 15 is 0 Å². The average molecular weight is 284 g/mol. The number of pyridine rings is 1. The van der Waals surface area contributed by atoms with Crippen LogP contribution < -0.4 is 10.0 Å². The molecule has 1 aromatic rings. The van der Waals surface area contributed by atoms with Crippen LogP contribution in [0.4, 0.5) is 5.82 Å². The van der Waals surface area contributed by atoms with E-state index in [1.165, 1.54) is 6.20 Å². The van der Waals surface area contributed by atoms with E-state index in [2.05, 4.69) is 19.9 Å². The Hall–Kier alpha value is -1.18. The van der Waals surface area contributed by atoms with E-state index in [-0.39, 0.29) is 10.9 Å². The summed E-state index contributed by atoms with van der Waals surface area (Å²) in [5.41, 5.74) is 0. The maximum Gasteiger partial charge on any atom is 0.242 e. The van der Waals surface area contributed by atoms with Gasteiger partial charge in [-0.25, -0.2) is 18.1 Å². The van der Waals surface area contributed by atoms with Crippen LogP contribution in [-0.2, 0) is 10.0 Å². The van der Waals surface area contributed by atoms with Crippen LogP contribution in [0, 0.1) is 0 Å². The number of hydrogen-bond acceptors (Lipinski definition) is 5. The molecule has 106 valence electrons. The zero-order chi connectivity index (χ0) is 13.9. The molecule has 1 fully saturated rings. The molecule has 2 heterocycles. The topological polar surface area (TPSA) is 74.3 Å². The number of piperidine rings is 1. The zero-order valence-corrected chi connectivity index (χ0v) is 12.1. The van der Waals surface area contributed by atoms with Crippen molar-refractivity contribution in [3.63, 3.8) is 0 Å². The minimum Gasteiger partial charge on any atom is -0.373 e. The molecule has 0 spiro atoms. The van der Waals surface area contributed by atoms with Gasteiger partial charge in [-0.2, -0.15) is 0 Å². The summed E-state index contributed by atoms with van der Waals surface area (Å²) in [5, 5.41) is 2.86. The maximum atomic E-state index is 12.2. The number of sulfonamides is 1. The Morgan fingerprint density at radius 2 is 2.21 bits per heavy atom. The van der Waals surface area contributed by atoms with Crippen LogP contribution in [0.2, 0.25) is 0 Å². The van der Waals surface area contributed by atoms with Crippen LogP contribution in [0.3, 0.4) is 0 Å². The van der Waals surface area contributed by atoms with Crippen LogP contribution in [0.15, 0.2) is 23.2 Å². The second-order valence-electron chi connectivity index (χ2n) is 4.85. The Morgan fingerprint density at radius 3 is 2.79 bits per heavy atom. The second-order valence-corrected chi connectivity index (χ2v) is 6.57. The number of anilines is 1. The molecular weight excluding hydrogens is 264 g/mol. The predicted octanol–water partition coefficient (Wildman–Crippen LogP) is 0.496. The lowest BCUT2D eigenvalue weighted by atomic mass is 10.1. The van der Waals surface area contributed by atoms with E-state index < -0.39 is 10.0 Å². The lowest BCUT2D eigenvalue weighted by Crippen LogP contribution is -2.46. The van der Waals surface area contributed by atoms with E-state index in [0.717, 1.165) is 25.9 Å². The van der Waals surface area contributed by atoms with Gasteiger partial charge >= 0.3 is 0 Å². The molecular formula is C12H20N4O2S. The summed E-state index contributed by atoms with van der Waals surface area (Å²) in [5.74, 6) is 0.649. The first kappa shape index (κ1) is 14.2. The van der Waals surface area contributed by atoms with Gasteiger partial charge in [0, 0.05) is 25.8 Å². The average Bonchev–Trinajstić information content (AvgIpc) is 2.38. The summed E-state index contributed by atoms with van der Waals surface area (Å²) in [6.07, 6.45) is 3.27. The first-order valence-electron chi connectivity index (χ1n) is 6.36. The minimum absolute atomic E-state index is 0.0206. The fourth-order valence-electron chi connectivity index (χ4n) is 2.24. The van der Waals surface area contributed by atoms with Crippen molar-refractivity contribution in [2.45, 2.75) is 23.8 Å². The third kappa shape index (κ3) is 3.65. The molecule has 19 heavy (non-hydrogen) atoms. The molecule has 1 aromatic heterocycles. The molecule has 1 aliphatic heterocycles. The normalized spacial score (nSPS) is 21.3. The standard InChI is InChI=1S/C12H20N4O2S/c1-13-12-6-5-11(8-14-12)19(17,18)15-10-4-3-7-16(2)9-10/h5-6,8,10,15H,3-4,7,9H2,1-2H3,(H,13,14). The lowest BCUT2D eigenvalue weighted by Gasteiger charge is -2.29. The Morgan fingerprint density at radius 1 is 1.42 bits per heavy atom. The molecule has 1 aliphatic rings. The van der Waals surface area contributed by atoms with Crippen LogP contribution in [0.1, 0.15) is 12.8 Å². The molecule has 0 aromatic carbocycles. The van der Waals surface area contributed by atoms with Crippen LogP contribution in [-0.4, -0.2) is 51.5 Å². The molecule has 0 aliphatic carbocycles. The van der Waals surface area contributed by atoms with Gasteiger partial charge < -0.3 is 10.2 Å². The molecule has 2 N–H and O–H groups in total. The molecule has 6 nitrogen and oxygen atoms in total. The highest BCUT2D eigenvalue weighted by atomic mass is 32.2. The number of nitrogens with zero attached hydrogens (tertiary/aromatic N) is 2. The first-order valence-corrected chi connectivity index (χ1v) is 7.84. The van der Waals surface area contributed by atoms with Crippen molar-refractivity contribution in [1.29, 1.82) is 0 Å². The molecule has 0 saturated carbocycles. The molecule has 7 heteroatoms. The summed E-state index contributed by atoms with van der Waals surface area (Å²) in [6, 6.07) is 3.20. The van der Waals surface area contributed by atoms with Crippen LogP contribution in [0.25, 0.3) is 0 Å². The van der Waals surface area contributed by atoms with E-state index in [1.807, 2.05) is 7.05 Å². The molecule has 1 unspecified atom stereocenters. The van der Waals surface area contributed by atoms with Crippen molar-refractivity contribution in [2.24, 2.45) is 0 Å². The molecule has 2 rings (SSSR count). The monoisotopic (exact) mass is 284 g/mol. The van der Waals surface area contributed by atoms with Crippen LogP contribution >= 0.6 is 0 Å². The van der Waals surface area contributed by atoms with Crippen molar-refractivity contribution in [3.8, 4) is 0 Å². The summed E-state index contributed by atoms with van der Waals surface area (Å²) in [7, 11) is 0.271. The first-order chi connectivity index (χ1) is 9.01. The van der Waals surface area contributed by atoms with E-state index in [9.17, 15) is 8.42 Å². The molecule has 1 atom stereocenters. The summed E-state index contributed by atoms with van der Waals surface area (Å²) in [6.45, 7) is 1.78. The van der Waals surface area contributed by atoms with Crippen molar-refractivity contribution < 1.29 is 8.42 Å². The number of hydrogen-bond donors (Lipinski definition) is 2. The second kappa shape index (κ2) is 5.85. The van der Waals surface area contributed by atoms with Gasteiger partial charge in [-0.15, -0.1) is 0 Å². The Balaban J connectivity index is 2.08. The molecule has 0 radical (unpaired) electrons. The predicted molar refractivity (Wildman–Crippen MR) is 74.6 cm³/mol. The zero-order valence-electron chi connectivity index (χ0n) is 11.3. The summed E-state index contributed by atoms with van der Waals surface area (Å²) in [4.78, 5) is 6.38. The molecule has 1 saturated heterocycles. The highest BCUT2D eigenvalue weighted by Gasteiger charge is 2.23. The van der Waals surface area contributed by atoms with Gasteiger partial charge in [-0.1, -0.05) is 0 Å². The number of likely N-dealkylation sites (N-methyl/N-ethyl adjacent to an activating group) is 1. The Labute approximate surface area is 114 Å². The van der Waals surface area contributed by atoms with Crippen LogP contribution in [0.5, 0.6) is 0 Å². The van der Waals surface area contributed by atoms with Gasteiger partial charge in [0.2, 0.25) is 10.0 Å². The summed E-state index contributed by atoms with van der Waals surface area (Å²) >= 11 is 0.